The van der Waals surface area contributed by atoms with Crippen LogP contribution in [0.5, 0.6) is 0 Å². The number of thiophene rings is 1. The topological polar surface area (TPSA) is 35.8 Å². The number of rotatable bonds is 2. The van der Waals surface area contributed by atoms with Crippen LogP contribution < -0.4 is 5.32 Å². The Kier molecular flexibility index (Phi) is 2.11. The molecule has 1 rings (SSSR count). The highest BCUT2D eigenvalue weighted by atomic mass is 32.1. The van der Waals surface area contributed by atoms with E-state index in [2.05, 4.69) is 5.32 Å². The predicted octanol–water partition coefficient (Wildman–Crippen LogP) is 1.68. The van der Waals surface area contributed by atoms with Gasteiger partial charge >= 0.3 is 0 Å². The molecule has 1 aromatic rings. The summed E-state index contributed by atoms with van der Waals surface area (Å²) in [4.78, 5) is 0. The lowest BCUT2D eigenvalue weighted by atomic mass is 10.5. The number of nitriles is 1. The summed E-state index contributed by atoms with van der Waals surface area (Å²) in [5, 5.41) is 15.0. The molecule has 1 N–H and O–H groups in total. The van der Waals surface area contributed by atoms with Gasteiger partial charge in [0.15, 0.2) is 0 Å². The minimum atomic E-state index is 0.386. The summed E-state index contributed by atoms with van der Waals surface area (Å²) >= 11 is 1.62. The van der Waals surface area contributed by atoms with Crippen molar-refractivity contribution < 1.29 is 0 Å². The average molecular weight is 138 g/mol. The third-order valence-corrected chi connectivity index (χ3v) is 1.58. The van der Waals surface area contributed by atoms with Crippen LogP contribution in [0.4, 0.5) is 5.69 Å². The Hall–Kier alpha value is -1.01. The maximum atomic E-state index is 8.16. The van der Waals surface area contributed by atoms with Gasteiger partial charge in [0.1, 0.15) is 6.54 Å². The second kappa shape index (κ2) is 3.10. The third-order valence-electron chi connectivity index (χ3n) is 0.893. The van der Waals surface area contributed by atoms with Gasteiger partial charge < -0.3 is 5.32 Å². The molecule has 0 saturated heterocycles. The Morgan fingerprint density at radius 3 is 3.22 bits per heavy atom. The molecule has 0 spiro atoms. The van der Waals surface area contributed by atoms with E-state index in [0.717, 1.165) is 5.69 Å². The molecule has 1 aromatic heterocycles. The molecular weight excluding hydrogens is 132 g/mol. The summed E-state index contributed by atoms with van der Waals surface area (Å²) in [5.74, 6) is 0. The van der Waals surface area contributed by atoms with E-state index in [9.17, 15) is 0 Å². The monoisotopic (exact) mass is 138 g/mol. The van der Waals surface area contributed by atoms with Gasteiger partial charge in [0.25, 0.3) is 0 Å². The molecule has 46 valence electrons. The van der Waals surface area contributed by atoms with Crippen LogP contribution in [0.3, 0.4) is 0 Å². The summed E-state index contributed by atoms with van der Waals surface area (Å²) in [6.45, 7) is 0.386. The molecule has 0 atom stereocenters. The molecule has 0 bridgehead atoms. The lowest BCUT2D eigenvalue weighted by molar-refractivity contribution is 1.33. The summed E-state index contributed by atoms with van der Waals surface area (Å²) < 4.78 is 0. The Morgan fingerprint density at radius 1 is 1.78 bits per heavy atom. The van der Waals surface area contributed by atoms with E-state index >= 15 is 0 Å². The van der Waals surface area contributed by atoms with Gasteiger partial charge in [-0.25, -0.2) is 0 Å². The second-order valence-electron chi connectivity index (χ2n) is 1.52. The van der Waals surface area contributed by atoms with Gasteiger partial charge in [-0.2, -0.15) is 16.6 Å². The van der Waals surface area contributed by atoms with Crippen molar-refractivity contribution in [2.45, 2.75) is 0 Å². The first-order valence-corrected chi connectivity index (χ1v) is 3.51. The van der Waals surface area contributed by atoms with Crippen molar-refractivity contribution in [3.8, 4) is 6.07 Å². The smallest absolute Gasteiger partial charge is 0.103 e. The minimum Gasteiger partial charge on any atom is -0.372 e. The molecule has 0 aliphatic carbocycles. The van der Waals surface area contributed by atoms with Crippen LogP contribution in [0.1, 0.15) is 0 Å². The lowest BCUT2D eigenvalue weighted by Gasteiger charge is -1.92. The molecule has 0 unspecified atom stereocenters. The van der Waals surface area contributed by atoms with E-state index in [1.165, 1.54) is 0 Å². The normalized spacial score (nSPS) is 8.33. The second-order valence-corrected chi connectivity index (χ2v) is 2.30. The zero-order valence-corrected chi connectivity index (χ0v) is 5.61. The van der Waals surface area contributed by atoms with Crippen molar-refractivity contribution >= 4 is 17.0 Å². The first-order chi connectivity index (χ1) is 4.43. The van der Waals surface area contributed by atoms with Crippen LogP contribution in [0.15, 0.2) is 16.8 Å². The van der Waals surface area contributed by atoms with Gasteiger partial charge in [-0.15, -0.1) is 0 Å². The van der Waals surface area contributed by atoms with Crippen LogP contribution in [0.2, 0.25) is 0 Å². The Labute approximate surface area is 57.7 Å². The Balaban J connectivity index is 2.41. The van der Waals surface area contributed by atoms with Gasteiger partial charge in [0.2, 0.25) is 0 Å². The Morgan fingerprint density at radius 2 is 2.67 bits per heavy atom. The highest BCUT2D eigenvalue weighted by Gasteiger charge is 1.86. The highest BCUT2D eigenvalue weighted by Crippen LogP contribution is 2.10. The van der Waals surface area contributed by atoms with Crippen LogP contribution in [0, 0.1) is 11.3 Å². The zero-order chi connectivity index (χ0) is 6.53. The largest absolute Gasteiger partial charge is 0.372 e. The van der Waals surface area contributed by atoms with Gasteiger partial charge in [-0.1, -0.05) is 0 Å². The fourth-order valence-corrected chi connectivity index (χ4v) is 1.12. The molecule has 0 fully saturated rings. The molecule has 0 aliphatic heterocycles. The predicted molar refractivity (Wildman–Crippen MR) is 38.4 cm³/mol. The molecule has 0 amide bonds. The Bertz CT molecular complexity index is 197. The SMILES string of the molecule is N#CCNc1ccsc1. The molecule has 3 heteroatoms. The van der Waals surface area contributed by atoms with E-state index in [4.69, 9.17) is 5.26 Å². The van der Waals surface area contributed by atoms with Gasteiger partial charge in [-0.3, -0.25) is 0 Å². The zero-order valence-electron chi connectivity index (χ0n) is 4.79. The van der Waals surface area contributed by atoms with Crippen molar-refractivity contribution in [3.63, 3.8) is 0 Å². The standard InChI is InChI=1S/C6H6N2S/c7-2-3-8-6-1-4-9-5-6/h1,4-5,8H,3H2. The summed E-state index contributed by atoms with van der Waals surface area (Å²) in [7, 11) is 0. The van der Waals surface area contributed by atoms with Crippen LogP contribution >= 0.6 is 11.3 Å². The number of nitrogens with one attached hydrogen (secondary N) is 1. The van der Waals surface area contributed by atoms with E-state index in [1.54, 1.807) is 11.3 Å². The molecule has 0 aliphatic rings. The van der Waals surface area contributed by atoms with E-state index < -0.39 is 0 Å². The van der Waals surface area contributed by atoms with E-state index in [1.807, 2.05) is 22.9 Å². The molecule has 1 heterocycles. The lowest BCUT2D eigenvalue weighted by Crippen LogP contribution is -1.95. The van der Waals surface area contributed by atoms with Crippen molar-refractivity contribution in [2.75, 3.05) is 11.9 Å². The number of anilines is 1. The maximum absolute atomic E-state index is 8.16. The number of hydrogen-bond donors (Lipinski definition) is 1. The number of nitrogens with zero attached hydrogens (tertiary/aromatic N) is 1. The first-order valence-electron chi connectivity index (χ1n) is 2.56. The number of hydrogen-bond acceptors (Lipinski definition) is 3. The van der Waals surface area contributed by atoms with E-state index in [0.29, 0.717) is 6.54 Å². The fourth-order valence-electron chi connectivity index (χ4n) is 0.507. The molecular formula is C6H6N2S. The third kappa shape index (κ3) is 1.74. The highest BCUT2D eigenvalue weighted by molar-refractivity contribution is 7.08. The van der Waals surface area contributed by atoms with E-state index in [-0.39, 0.29) is 0 Å². The van der Waals surface area contributed by atoms with Crippen LogP contribution in [-0.2, 0) is 0 Å². The maximum Gasteiger partial charge on any atom is 0.103 e. The van der Waals surface area contributed by atoms with Gasteiger partial charge in [0.05, 0.1) is 6.07 Å². The summed E-state index contributed by atoms with van der Waals surface area (Å²) in [6, 6.07) is 3.95. The summed E-state index contributed by atoms with van der Waals surface area (Å²) in [6.07, 6.45) is 0. The van der Waals surface area contributed by atoms with Gasteiger partial charge in [0, 0.05) is 11.1 Å². The molecule has 2 nitrogen and oxygen atoms in total. The van der Waals surface area contributed by atoms with Crippen molar-refractivity contribution in [1.82, 2.24) is 0 Å². The quantitative estimate of drug-likeness (QED) is 0.631. The fraction of sp³-hybridized carbons (Fsp3) is 0.167. The molecule has 0 radical (unpaired) electrons. The van der Waals surface area contributed by atoms with Crippen LogP contribution in [-0.4, -0.2) is 6.54 Å². The van der Waals surface area contributed by atoms with Crippen LogP contribution in [0.25, 0.3) is 0 Å². The van der Waals surface area contributed by atoms with Crippen molar-refractivity contribution in [1.29, 1.82) is 5.26 Å². The molecule has 0 aromatic carbocycles. The molecule has 9 heavy (non-hydrogen) atoms. The minimum absolute atomic E-state index is 0.386. The van der Waals surface area contributed by atoms with Crippen molar-refractivity contribution in [2.24, 2.45) is 0 Å². The van der Waals surface area contributed by atoms with Gasteiger partial charge in [-0.05, 0) is 11.4 Å². The average Bonchev–Trinajstić information content (AvgIpc) is 2.34. The first kappa shape index (κ1) is 6.12. The molecule has 0 saturated carbocycles. The van der Waals surface area contributed by atoms with Crippen molar-refractivity contribution in [3.05, 3.63) is 16.8 Å². The summed E-state index contributed by atoms with van der Waals surface area (Å²) in [5.41, 5.74) is 1.03.